The van der Waals surface area contributed by atoms with Crippen LogP contribution in [0.25, 0.3) is 0 Å². The number of carboxylic acids is 1. The van der Waals surface area contributed by atoms with E-state index in [1.54, 1.807) is 4.68 Å². The number of tetrazole rings is 1. The lowest BCUT2D eigenvalue weighted by Crippen LogP contribution is -2.09. The first-order valence-corrected chi connectivity index (χ1v) is 4.72. The molecule has 1 aliphatic carbocycles. The number of hydrogen-bond acceptors (Lipinski definition) is 4. The van der Waals surface area contributed by atoms with E-state index in [0.29, 0.717) is 18.2 Å². The van der Waals surface area contributed by atoms with Crippen molar-refractivity contribution < 1.29 is 9.90 Å². The summed E-state index contributed by atoms with van der Waals surface area (Å²) >= 11 is 0. The summed E-state index contributed by atoms with van der Waals surface area (Å²) in [7, 11) is 0. The van der Waals surface area contributed by atoms with Crippen molar-refractivity contribution in [2.75, 3.05) is 0 Å². The smallest absolute Gasteiger partial charge is 0.303 e. The van der Waals surface area contributed by atoms with E-state index in [4.69, 9.17) is 5.11 Å². The summed E-state index contributed by atoms with van der Waals surface area (Å²) in [6.07, 6.45) is 2.97. The van der Waals surface area contributed by atoms with Gasteiger partial charge >= 0.3 is 5.97 Å². The van der Waals surface area contributed by atoms with Crippen LogP contribution >= 0.6 is 0 Å². The van der Waals surface area contributed by atoms with E-state index in [1.807, 2.05) is 0 Å². The van der Waals surface area contributed by atoms with Crippen molar-refractivity contribution >= 4 is 5.97 Å². The van der Waals surface area contributed by atoms with E-state index in [2.05, 4.69) is 15.5 Å². The molecule has 1 heterocycles. The van der Waals surface area contributed by atoms with Crippen LogP contribution in [-0.2, 0) is 17.8 Å². The van der Waals surface area contributed by atoms with Crippen molar-refractivity contribution in [1.29, 1.82) is 0 Å². The molecule has 6 heteroatoms. The molecular formula is C8H12N4O2. The Morgan fingerprint density at radius 1 is 1.57 bits per heavy atom. The average Bonchev–Trinajstić information content (AvgIpc) is 2.81. The minimum absolute atomic E-state index is 0.0883. The molecule has 6 nitrogen and oxygen atoms in total. The highest BCUT2D eigenvalue weighted by Crippen LogP contribution is 2.30. The number of carbonyl (C=O) groups is 1. The average molecular weight is 196 g/mol. The van der Waals surface area contributed by atoms with Crippen molar-refractivity contribution in [2.24, 2.45) is 5.92 Å². The lowest BCUT2D eigenvalue weighted by atomic mass is 10.3. The summed E-state index contributed by atoms with van der Waals surface area (Å²) in [5, 5.41) is 19.7. The summed E-state index contributed by atoms with van der Waals surface area (Å²) in [6, 6.07) is 0. The number of aliphatic carboxylic acids is 1. The summed E-state index contributed by atoms with van der Waals surface area (Å²) in [6.45, 7) is 0.835. The molecule has 1 aromatic heterocycles. The summed E-state index contributed by atoms with van der Waals surface area (Å²) < 4.78 is 1.72. The van der Waals surface area contributed by atoms with Crippen LogP contribution in [0.1, 0.15) is 25.1 Å². The molecule has 0 radical (unpaired) electrons. The lowest BCUT2D eigenvalue weighted by molar-refractivity contribution is -0.137. The van der Waals surface area contributed by atoms with Crippen molar-refractivity contribution in [2.45, 2.75) is 32.2 Å². The molecule has 1 aromatic rings. The van der Waals surface area contributed by atoms with Crippen LogP contribution in [0.2, 0.25) is 0 Å². The Kier molecular flexibility index (Phi) is 2.43. The molecule has 0 unspecified atom stereocenters. The molecule has 1 saturated carbocycles. The Morgan fingerprint density at radius 3 is 3.00 bits per heavy atom. The molecule has 1 aliphatic rings. The van der Waals surface area contributed by atoms with Gasteiger partial charge < -0.3 is 5.11 Å². The van der Waals surface area contributed by atoms with Gasteiger partial charge in [0.25, 0.3) is 0 Å². The summed E-state index contributed by atoms with van der Waals surface area (Å²) in [4.78, 5) is 10.4. The summed E-state index contributed by atoms with van der Waals surface area (Å²) in [5.74, 6) is 0.562. The summed E-state index contributed by atoms with van der Waals surface area (Å²) in [5.41, 5.74) is 0. The molecule has 0 aliphatic heterocycles. The van der Waals surface area contributed by atoms with Gasteiger partial charge in [-0.3, -0.25) is 4.79 Å². The van der Waals surface area contributed by atoms with E-state index in [1.165, 1.54) is 12.8 Å². The zero-order valence-electron chi connectivity index (χ0n) is 7.76. The maximum Gasteiger partial charge on any atom is 0.303 e. The lowest BCUT2D eigenvalue weighted by Gasteiger charge is -2.00. The fourth-order valence-electron chi connectivity index (χ4n) is 1.31. The number of rotatable bonds is 5. The van der Waals surface area contributed by atoms with Crippen LogP contribution in [0.3, 0.4) is 0 Å². The van der Waals surface area contributed by atoms with Gasteiger partial charge in [-0.1, -0.05) is 0 Å². The quantitative estimate of drug-likeness (QED) is 0.722. The predicted molar refractivity (Wildman–Crippen MR) is 46.5 cm³/mol. The first-order valence-electron chi connectivity index (χ1n) is 4.72. The van der Waals surface area contributed by atoms with Crippen molar-refractivity contribution in [1.82, 2.24) is 20.2 Å². The van der Waals surface area contributed by atoms with Gasteiger partial charge in [0.05, 0.1) is 6.42 Å². The van der Waals surface area contributed by atoms with Gasteiger partial charge in [-0.2, -0.15) is 0 Å². The molecule has 76 valence electrons. The predicted octanol–water partition coefficient (Wildman–Crippen LogP) is 0.100. The van der Waals surface area contributed by atoms with Crippen molar-refractivity contribution in [3.05, 3.63) is 5.82 Å². The molecule has 0 saturated heterocycles. The van der Waals surface area contributed by atoms with E-state index in [9.17, 15) is 4.79 Å². The monoisotopic (exact) mass is 196 g/mol. The Labute approximate surface area is 80.9 Å². The van der Waals surface area contributed by atoms with Gasteiger partial charge in [0, 0.05) is 13.0 Å². The fraction of sp³-hybridized carbons (Fsp3) is 0.750. The van der Waals surface area contributed by atoms with Gasteiger partial charge in [-0.25, -0.2) is 4.68 Å². The first kappa shape index (κ1) is 9.11. The number of aryl methyl sites for hydroxylation is 1. The topological polar surface area (TPSA) is 80.9 Å². The maximum atomic E-state index is 10.4. The second-order valence-corrected chi connectivity index (χ2v) is 3.61. The van der Waals surface area contributed by atoms with Gasteiger partial charge in [0.15, 0.2) is 5.82 Å². The third kappa shape index (κ3) is 2.27. The van der Waals surface area contributed by atoms with E-state index < -0.39 is 5.97 Å². The number of aromatic nitrogens is 4. The minimum Gasteiger partial charge on any atom is -0.481 e. The molecule has 1 fully saturated rings. The molecule has 0 atom stereocenters. The zero-order valence-corrected chi connectivity index (χ0v) is 7.76. The third-order valence-corrected chi connectivity index (χ3v) is 2.30. The molecule has 0 aromatic carbocycles. The highest BCUT2D eigenvalue weighted by Gasteiger charge is 2.23. The van der Waals surface area contributed by atoms with Crippen LogP contribution < -0.4 is 0 Å². The van der Waals surface area contributed by atoms with Gasteiger partial charge in [0.1, 0.15) is 0 Å². The van der Waals surface area contributed by atoms with Crippen LogP contribution in [0.15, 0.2) is 0 Å². The normalized spacial score (nSPS) is 15.7. The van der Waals surface area contributed by atoms with E-state index >= 15 is 0 Å². The van der Waals surface area contributed by atoms with Gasteiger partial charge in [0.2, 0.25) is 0 Å². The Bertz CT molecular complexity index is 332. The maximum absolute atomic E-state index is 10.4. The molecule has 0 spiro atoms. The molecule has 14 heavy (non-hydrogen) atoms. The Hall–Kier alpha value is -1.46. The van der Waals surface area contributed by atoms with Crippen molar-refractivity contribution in [3.63, 3.8) is 0 Å². The second kappa shape index (κ2) is 3.73. The first-order chi connectivity index (χ1) is 6.75. The SMILES string of the molecule is O=C(O)CCc1nnnn1CC1CC1. The second-order valence-electron chi connectivity index (χ2n) is 3.61. The number of carboxylic acid groups (broad SMARTS) is 1. The van der Waals surface area contributed by atoms with Crippen LogP contribution in [0, 0.1) is 5.92 Å². The van der Waals surface area contributed by atoms with E-state index in [-0.39, 0.29) is 6.42 Å². The standard InChI is InChI=1S/C8H12N4O2/c13-8(14)4-3-7-9-10-11-12(7)5-6-1-2-6/h6H,1-5H2,(H,13,14). The fourth-order valence-corrected chi connectivity index (χ4v) is 1.31. The molecule has 1 N–H and O–H groups in total. The van der Waals surface area contributed by atoms with Crippen LogP contribution in [-0.4, -0.2) is 31.3 Å². The van der Waals surface area contributed by atoms with Crippen LogP contribution in [0.4, 0.5) is 0 Å². The van der Waals surface area contributed by atoms with Gasteiger partial charge in [-0.15, -0.1) is 5.10 Å². The zero-order chi connectivity index (χ0) is 9.97. The Balaban J connectivity index is 1.93. The third-order valence-electron chi connectivity index (χ3n) is 2.30. The molecule has 0 amide bonds. The largest absolute Gasteiger partial charge is 0.481 e. The van der Waals surface area contributed by atoms with Crippen molar-refractivity contribution in [3.8, 4) is 0 Å². The van der Waals surface area contributed by atoms with Gasteiger partial charge in [-0.05, 0) is 29.2 Å². The molecular weight excluding hydrogens is 184 g/mol. The Morgan fingerprint density at radius 2 is 2.36 bits per heavy atom. The minimum atomic E-state index is -0.814. The molecule has 2 rings (SSSR count). The van der Waals surface area contributed by atoms with E-state index in [0.717, 1.165) is 6.54 Å². The van der Waals surface area contributed by atoms with Crippen LogP contribution in [0.5, 0.6) is 0 Å². The highest BCUT2D eigenvalue weighted by atomic mass is 16.4. The number of hydrogen-bond donors (Lipinski definition) is 1. The number of nitrogens with zero attached hydrogens (tertiary/aromatic N) is 4. The molecule has 0 bridgehead atoms. The highest BCUT2D eigenvalue weighted by molar-refractivity contribution is 5.66.